The lowest BCUT2D eigenvalue weighted by molar-refractivity contribution is 0.00562. The van der Waals surface area contributed by atoms with E-state index in [4.69, 9.17) is 13.9 Å². The van der Waals surface area contributed by atoms with Crippen LogP contribution in [0.5, 0.6) is 0 Å². The molecular formula is C38H47N3O7S. The quantitative estimate of drug-likeness (QED) is 0.161. The van der Waals surface area contributed by atoms with Gasteiger partial charge in [-0.25, -0.2) is 18.0 Å². The first-order valence-electron chi connectivity index (χ1n) is 16.8. The minimum atomic E-state index is -4.02. The van der Waals surface area contributed by atoms with Gasteiger partial charge < -0.3 is 18.8 Å². The van der Waals surface area contributed by atoms with Crippen LogP contribution in [-0.4, -0.2) is 73.6 Å². The van der Waals surface area contributed by atoms with Crippen LogP contribution in [0.3, 0.4) is 0 Å². The van der Waals surface area contributed by atoms with Gasteiger partial charge in [0.25, 0.3) is 0 Å². The van der Waals surface area contributed by atoms with Crippen LogP contribution in [0.4, 0.5) is 10.5 Å². The van der Waals surface area contributed by atoms with E-state index in [1.807, 2.05) is 89.2 Å². The van der Waals surface area contributed by atoms with E-state index in [0.717, 1.165) is 16.8 Å². The van der Waals surface area contributed by atoms with Crippen molar-refractivity contribution >= 4 is 38.7 Å². The molecule has 11 heteroatoms. The van der Waals surface area contributed by atoms with Gasteiger partial charge in [-0.15, -0.1) is 0 Å². The van der Waals surface area contributed by atoms with Gasteiger partial charge in [-0.3, -0.25) is 4.90 Å². The van der Waals surface area contributed by atoms with E-state index >= 15 is 0 Å². The molecule has 0 saturated carbocycles. The summed E-state index contributed by atoms with van der Waals surface area (Å²) in [4.78, 5) is 29.7. The van der Waals surface area contributed by atoms with Gasteiger partial charge in [-0.05, 0) is 90.3 Å². The fourth-order valence-electron chi connectivity index (χ4n) is 6.42. The Morgan fingerprint density at radius 3 is 2.27 bits per heavy atom. The van der Waals surface area contributed by atoms with Crippen molar-refractivity contribution in [3.05, 3.63) is 95.2 Å². The standard InChI is InChI=1S/C38H47N3O7S/c1-8-46-36(42)35-28(4)32-22-31(18-19-34(32)47-35)49(44,45)40(21-20-29-14-10-9-11-15-29)25-30-16-12-13-17-33(30)39-23-26(2)41(27(3)24-39)37(43)48-38(5,6)7/h9-19,22,26-27H,8,20-21,23-25H2,1-7H3. The number of rotatable bonds is 10. The summed E-state index contributed by atoms with van der Waals surface area (Å²) < 4.78 is 47.1. The minimum absolute atomic E-state index is 0.0662. The SMILES string of the molecule is CCOC(=O)c1oc2ccc(S(=O)(=O)N(CCc3ccccc3)Cc3ccccc3N3CC(C)N(C(=O)OC(C)(C)C)C(C)C3)cc2c1C. The monoisotopic (exact) mass is 689 g/mol. The maximum absolute atomic E-state index is 14.5. The molecule has 2 atom stereocenters. The third kappa shape index (κ3) is 8.11. The van der Waals surface area contributed by atoms with Gasteiger partial charge in [-0.1, -0.05) is 48.5 Å². The zero-order valence-corrected chi connectivity index (χ0v) is 30.2. The Kier molecular flexibility index (Phi) is 10.7. The summed E-state index contributed by atoms with van der Waals surface area (Å²) in [7, 11) is -4.02. The van der Waals surface area contributed by atoms with Crippen molar-refractivity contribution in [3.8, 4) is 0 Å². The molecule has 1 saturated heterocycles. The molecule has 4 aromatic rings. The van der Waals surface area contributed by atoms with Crippen molar-refractivity contribution in [1.29, 1.82) is 0 Å². The zero-order valence-electron chi connectivity index (χ0n) is 29.4. The second-order valence-electron chi connectivity index (χ2n) is 13.6. The van der Waals surface area contributed by atoms with Crippen LogP contribution in [-0.2, 0) is 32.5 Å². The largest absolute Gasteiger partial charge is 0.460 e. The first-order chi connectivity index (χ1) is 23.2. The molecule has 0 radical (unpaired) electrons. The molecule has 0 aliphatic carbocycles. The Balaban J connectivity index is 1.47. The smallest absolute Gasteiger partial charge is 0.410 e. The number of sulfonamides is 1. The molecule has 49 heavy (non-hydrogen) atoms. The number of nitrogens with zero attached hydrogens (tertiary/aromatic N) is 3. The van der Waals surface area contributed by atoms with Crippen molar-refractivity contribution in [3.63, 3.8) is 0 Å². The van der Waals surface area contributed by atoms with Crippen molar-refractivity contribution in [1.82, 2.24) is 9.21 Å². The fourth-order valence-corrected chi connectivity index (χ4v) is 7.87. The number of esters is 1. The lowest BCUT2D eigenvalue weighted by Gasteiger charge is -2.45. The van der Waals surface area contributed by atoms with Crippen LogP contribution in [0, 0.1) is 6.92 Å². The maximum Gasteiger partial charge on any atom is 0.410 e. The first kappa shape index (κ1) is 35.9. The van der Waals surface area contributed by atoms with Crippen LogP contribution in [0.25, 0.3) is 11.0 Å². The number of amides is 1. The number of aryl methyl sites for hydroxylation is 1. The fraction of sp³-hybridized carbons (Fsp3) is 0.421. The summed E-state index contributed by atoms with van der Waals surface area (Å²) in [5.41, 5.74) is 3.14. The first-order valence-corrected chi connectivity index (χ1v) is 18.2. The number of carbonyl (C=O) groups is 2. The van der Waals surface area contributed by atoms with Crippen LogP contribution in [0.2, 0.25) is 0 Å². The van der Waals surface area contributed by atoms with Crippen LogP contribution in [0.1, 0.15) is 68.8 Å². The van der Waals surface area contributed by atoms with Crippen LogP contribution < -0.4 is 4.90 Å². The molecule has 262 valence electrons. The van der Waals surface area contributed by atoms with E-state index in [0.29, 0.717) is 36.0 Å². The van der Waals surface area contributed by atoms with E-state index in [-0.39, 0.29) is 48.5 Å². The highest BCUT2D eigenvalue weighted by Gasteiger charge is 2.36. The minimum Gasteiger partial charge on any atom is -0.460 e. The predicted molar refractivity (Wildman–Crippen MR) is 190 cm³/mol. The number of ether oxygens (including phenoxy) is 2. The summed E-state index contributed by atoms with van der Waals surface area (Å²) in [5, 5.41) is 0.540. The van der Waals surface area contributed by atoms with Crippen LogP contribution >= 0.6 is 0 Å². The molecule has 0 spiro atoms. The number of hydrogen-bond acceptors (Lipinski definition) is 8. The maximum atomic E-state index is 14.5. The predicted octanol–water partition coefficient (Wildman–Crippen LogP) is 7.19. The molecule has 1 aliphatic rings. The average molecular weight is 690 g/mol. The highest BCUT2D eigenvalue weighted by atomic mass is 32.2. The van der Waals surface area contributed by atoms with Crippen molar-refractivity contribution < 1.29 is 31.9 Å². The molecule has 0 bridgehead atoms. The number of fused-ring (bicyclic) bond motifs is 1. The lowest BCUT2D eigenvalue weighted by Crippen LogP contribution is -2.59. The van der Waals surface area contributed by atoms with Gasteiger partial charge in [0.15, 0.2) is 0 Å². The Morgan fingerprint density at radius 2 is 1.61 bits per heavy atom. The molecule has 10 nitrogen and oxygen atoms in total. The lowest BCUT2D eigenvalue weighted by atomic mass is 10.1. The summed E-state index contributed by atoms with van der Waals surface area (Å²) >= 11 is 0. The van der Waals surface area contributed by atoms with Gasteiger partial charge in [0.1, 0.15) is 11.2 Å². The molecule has 3 aromatic carbocycles. The van der Waals surface area contributed by atoms with E-state index in [2.05, 4.69) is 4.90 Å². The number of benzene rings is 3. The molecule has 1 aromatic heterocycles. The second kappa shape index (κ2) is 14.6. The van der Waals surface area contributed by atoms with Crippen molar-refractivity contribution in [2.45, 2.75) is 84.0 Å². The third-order valence-corrected chi connectivity index (χ3v) is 10.5. The highest BCUT2D eigenvalue weighted by molar-refractivity contribution is 7.89. The zero-order chi connectivity index (χ0) is 35.5. The molecule has 1 aliphatic heterocycles. The molecule has 2 heterocycles. The Labute approximate surface area is 289 Å². The van der Waals surface area contributed by atoms with Gasteiger partial charge in [0.05, 0.1) is 23.6 Å². The summed E-state index contributed by atoms with van der Waals surface area (Å²) in [5.74, 6) is -0.520. The second-order valence-corrected chi connectivity index (χ2v) is 15.6. The third-order valence-electron chi connectivity index (χ3n) is 8.70. The Hall–Kier alpha value is -4.35. The summed E-state index contributed by atoms with van der Waals surface area (Å²) in [6, 6.07) is 22.1. The van der Waals surface area contributed by atoms with E-state index in [9.17, 15) is 18.0 Å². The van der Waals surface area contributed by atoms with Gasteiger partial charge in [0, 0.05) is 42.8 Å². The van der Waals surface area contributed by atoms with E-state index in [1.54, 1.807) is 30.9 Å². The molecule has 5 rings (SSSR count). The topological polar surface area (TPSA) is 110 Å². The van der Waals surface area contributed by atoms with Gasteiger partial charge in [0.2, 0.25) is 15.8 Å². The van der Waals surface area contributed by atoms with Crippen LogP contribution in [0.15, 0.2) is 82.1 Å². The molecular weight excluding hydrogens is 642 g/mol. The molecule has 0 N–H and O–H groups in total. The molecule has 1 fully saturated rings. The Bertz CT molecular complexity index is 1890. The number of furan rings is 1. The number of piperazine rings is 1. The number of hydrogen-bond donors (Lipinski definition) is 0. The summed E-state index contributed by atoms with van der Waals surface area (Å²) in [6.45, 7) is 14.7. The number of anilines is 1. The molecule has 2 unspecified atom stereocenters. The van der Waals surface area contributed by atoms with E-state index in [1.165, 1.54) is 10.4 Å². The van der Waals surface area contributed by atoms with Gasteiger partial charge >= 0.3 is 12.1 Å². The van der Waals surface area contributed by atoms with E-state index < -0.39 is 21.6 Å². The normalized spacial score (nSPS) is 17.1. The summed E-state index contributed by atoms with van der Waals surface area (Å²) in [6.07, 6.45) is 0.183. The number of para-hydroxylation sites is 1. The molecule has 1 amide bonds. The average Bonchev–Trinajstić information content (AvgIpc) is 3.38. The van der Waals surface area contributed by atoms with Gasteiger partial charge in [-0.2, -0.15) is 4.31 Å². The van der Waals surface area contributed by atoms with Crippen molar-refractivity contribution in [2.24, 2.45) is 0 Å². The number of carbonyl (C=O) groups excluding carboxylic acids is 2. The highest BCUT2D eigenvalue weighted by Crippen LogP contribution is 2.32. The van der Waals surface area contributed by atoms with Crippen molar-refractivity contribution in [2.75, 3.05) is 31.1 Å². The Morgan fingerprint density at radius 1 is 0.959 bits per heavy atom.